The van der Waals surface area contributed by atoms with Crippen LogP contribution in [0.25, 0.3) is 0 Å². The molecule has 1 fully saturated rings. The Hall–Kier alpha value is -1.49. The summed E-state index contributed by atoms with van der Waals surface area (Å²) in [6.07, 6.45) is 0. The molecule has 1 unspecified atom stereocenters. The highest BCUT2D eigenvalue weighted by atomic mass is 19.2. The smallest absolute Gasteiger partial charge is 0.244 e. The number of carbonyl (C=O) groups excluding carboxylic acids is 1. The second kappa shape index (κ2) is 3.83. The lowest BCUT2D eigenvalue weighted by Gasteiger charge is -2.34. The van der Waals surface area contributed by atoms with Gasteiger partial charge < -0.3 is 5.32 Å². The van der Waals surface area contributed by atoms with E-state index in [4.69, 9.17) is 0 Å². The Labute approximate surface area is 91.8 Å². The van der Waals surface area contributed by atoms with Crippen molar-refractivity contribution in [2.75, 3.05) is 13.1 Å². The number of nitrogens with one attached hydrogen (secondary N) is 2. The molecule has 0 saturated carbocycles. The van der Waals surface area contributed by atoms with Crippen LogP contribution in [-0.2, 0) is 10.3 Å². The number of rotatable bonds is 1. The SMILES string of the molecule is CC1(c2ccc(F)c(F)c2)NCCNC1=O. The maximum Gasteiger partial charge on any atom is 0.244 e. The first-order chi connectivity index (χ1) is 7.54. The highest BCUT2D eigenvalue weighted by molar-refractivity contribution is 5.87. The molecule has 1 heterocycles. The highest BCUT2D eigenvalue weighted by Gasteiger charge is 2.37. The molecule has 1 saturated heterocycles. The molecule has 16 heavy (non-hydrogen) atoms. The van der Waals surface area contributed by atoms with Gasteiger partial charge in [0.2, 0.25) is 5.91 Å². The lowest BCUT2D eigenvalue weighted by molar-refractivity contribution is -0.129. The summed E-state index contributed by atoms with van der Waals surface area (Å²) in [5.41, 5.74) is -0.573. The van der Waals surface area contributed by atoms with E-state index < -0.39 is 17.2 Å². The van der Waals surface area contributed by atoms with Crippen LogP contribution in [0.1, 0.15) is 12.5 Å². The van der Waals surface area contributed by atoms with E-state index in [1.807, 2.05) is 0 Å². The molecule has 5 heteroatoms. The third kappa shape index (κ3) is 1.67. The van der Waals surface area contributed by atoms with Crippen LogP contribution in [0, 0.1) is 11.6 Å². The molecule has 0 aliphatic carbocycles. The molecule has 3 nitrogen and oxygen atoms in total. The quantitative estimate of drug-likeness (QED) is 0.747. The van der Waals surface area contributed by atoms with Crippen LogP contribution in [-0.4, -0.2) is 19.0 Å². The number of carbonyl (C=O) groups is 1. The Kier molecular flexibility index (Phi) is 2.63. The monoisotopic (exact) mass is 226 g/mol. The summed E-state index contributed by atoms with van der Waals surface area (Å²) in [7, 11) is 0. The fraction of sp³-hybridized carbons (Fsp3) is 0.364. The summed E-state index contributed by atoms with van der Waals surface area (Å²) >= 11 is 0. The molecular formula is C11H12F2N2O. The predicted molar refractivity (Wildman–Crippen MR) is 54.7 cm³/mol. The van der Waals surface area contributed by atoms with Gasteiger partial charge in [0.05, 0.1) is 0 Å². The third-order valence-corrected chi connectivity index (χ3v) is 2.84. The lowest BCUT2D eigenvalue weighted by Crippen LogP contribution is -2.59. The van der Waals surface area contributed by atoms with E-state index in [1.54, 1.807) is 6.92 Å². The second-order valence-corrected chi connectivity index (χ2v) is 3.94. The highest BCUT2D eigenvalue weighted by Crippen LogP contribution is 2.24. The van der Waals surface area contributed by atoms with E-state index in [0.717, 1.165) is 12.1 Å². The van der Waals surface area contributed by atoms with E-state index in [1.165, 1.54) is 6.07 Å². The first-order valence-corrected chi connectivity index (χ1v) is 5.03. The summed E-state index contributed by atoms with van der Waals surface area (Å²) in [6, 6.07) is 3.49. The van der Waals surface area contributed by atoms with E-state index in [-0.39, 0.29) is 5.91 Å². The molecular weight excluding hydrogens is 214 g/mol. The number of piperazine rings is 1. The number of halogens is 2. The lowest BCUT2D eigenvalue weighted by atomic mass is 9.89. The first kappa shape index (κ1) is 11.0. The van der Waals surface area contributed by atoms with Gasteiger partial charge in [0.25, 0.3) is 0 Å². The number of benzene rings is 1. The van der Waals surface area contributed by atoms with Crippen molar-refractivity contribution in [1.29, 1.82) is 0 Å². The van der Waals surface area contributed by atoms with Gasteiger partial charge in [-0.15, -0.1) is 0 Å². The molecule has 2 rings (SSSR count). The van der Waals surface area contributed by atoms with Crippen LogP contribution in [0.4, 0.5) is 8.78 Å². The molecule has 0 aromatic heterocycles. The van der Waals surface area contributed by atoms with Gasteiger partial charge in [-0.25, -0.2) is 8.78 Å². The van der Waals surface area contributed by atoms with Gasteiger partial charge in [-0.05, 0) is 24.6 Å². The Morgan fingerprint density at radius 3 is 2.62 bits per heavy atom. The zero-order valence-electron chi connectivity index (χ0n) is 8.81. The first-order valence-electron chi connectivity index (χ1n) is 5.03. The Morgan fingerprint density at radius 2 is 2.00 bits per heavy atom. The maximum absolute atomic E-state index is 13.1. The van der Waals surface area contributed by atoms with E-state index in [2.05, 4.69) is 10.6 Å². The summed E-state index contributed by atoms with van der Waals surface area (Å²) in [4.78, 5) is 11.7. The Morgan fingerprint density at radius 1 is 1.25 bits per heavy atom. The van der Waals surface area contributed by atoms with Crippen molar-refractivity contribution < 1.29 is 13.6 Å². The summed E-state index contributed by atoms with van der Waals surface area (Å²) in [6.45, 7) is 2.79. The Balaban J connectivity index is 2.41. The molecule has 2 N–H and O–H groups in total. The van der Waals surface area contributed by atoms with Gasteiger partial charge in [0, 0.05) is 13.1 Å². The fourth-order valence-electron chi connectivity index (χ4n) is 1.79. The molecule has 1 aliphatic rings. The van der Waals surface area contributed by atoms with E-state index in [0.29, 0.717) is 18.7 Å². The number of hydrogen-bond donors (Lipinski definition) is 2. The molecule has 1 aromatic carbocycles. The third-order valence-electron chi connectivity index (χ3n) is 2.84. The number of amides is 1. The van der Waals surface area contributed by atoms with Crippen molar-refractivity contribution in [2.24, 2.45) is 0 Å². The summed E-state index contributed by atoms with van der Waals surface area (Å²) < 4.78 is 25.9. The largest absolute Gasteiger partial charge is 0.353 e. The van der Waals surface area contributed by atoms with Crippen LogP contribution in [0.2, 0.25) is 0 Å². The summed E-state index contributed by atoms with van der Waals surface area (Å²) in [5, 5.41) is 5.69. The maximum atomic E-state index is 13.1. The predicted octanol–water partition coefficient (Wildman–Crippen LogP) is 0.899. The van der Waals surface area contributed by atoms with Crippen molar-refractivity contribution in [2.45, 2.75) is 12.5 Å². The summed E-state index contributed by atoms with van der Waals surface area (Å²) in [5.74, 6) is -2.09. The molecule has 1 aliphatic heterocycles. The average Bonchev–Trinajstić information content (AvgIpc) is 2.26. The standard InChI is InChI=1S/C11H12F2N2O/c1-11(10(16)14-4-5-15-11)7-2-3-8(12)9(13)6-7/h2-3,6,15H,4-5H2,1H3,(H,14,16). The van der Waals surface area contributed by atoms with Crippen LogP contribution in [0.15, 0.2) is 18.2 Å². The van der Waals surface area contributed by atoms with Crippen LogP contribution in [0.3, 0.4) is 0 Å². The fourth-order valence-corrected chi connectivity index (χ4v) is 1.79. The van der Waals surface area contributed by atoms with Crippen molar-refractivity contribution in [3.8, 4) is 0 Å². The Bertz CT molecular complexity index is 436. The van der Waals surface area contributed by atoms with Crippen molar-refractivity contribution in [1.82, 2.24) is 10.6 Å². The van der Waals surface area contributed by atoms with Crippen molar-refractivity contribution >= 4 is 5.91 Å². The molecule has 0 bridgehead atoms. The molecule has 1 atom stereocenters. The van der Waals surface area contributed by atoms with Crippen molar-refractivity contribution in [3.05, 3.63) is 35.4 Å². The van der Waals surface area contributed by atoms with Gasteiger partial charge in [-0.2, -0.15) is 0 Å². The molecule has 0 spiro atoms. The average molecular weight is 226 g/mol. The van der Waals surface area contributed by atoms with E-state index >= 15 is 0 Å². The minimum absolute atomic E-state index is 0.232. The van der Waals surface area contributed by atoms with Crippen LogP contribution >= 0.6 is 0 Å². The number of hydrogen-bond acceptors (Lipinski definition) is 2. The van der Waals surface area contributed by atoms with Gasteiger partial charge in [0.1, 0.15) is 5.54 Å². The van der Waals surface area contributed by atoms with Crippen LogP contribution < -0.4 is 10.6 Å². The van der Waals surface area contributed by atoms with Gasteiger partial charge in [0.15, 0.2) is 11.6 Å². The normalized spacial score (nSPS) is 25.3. The topological polar surface area (TPSA) is 41.1 Å². The minimum Gasteiger partial charge on any atom is -0.353 e. The zero-order chi connectivity index (χ0) is 11.8. The van der Waals surface area contributed by atoms with E-state index in [9.17, 15) is 13.6 Å². The van der Waals surface area contributed by atoms with Gasteiger partial charge in [-0.3, -0.25) is 10.1 Å². The second-order valence-electron chi connectivity index (χ2n) is 3.94. The van der Waals surface area contributed by atoms with Crippen molar-refractivity contribution in [3.63, 3.8) is 0 Å². The van der Waals surface area contributed by atoms with Crippen LogP contribution in [0.5, 0.6) is 0 Å². The molecule has 1 aromatic rings. The molecule has 0 radical (unpaired) electrons. The molecule has 86 valence electrons. The minimum atomic E-state index is -0.993. The molecule has 1 amide bonds. The van der Waals surface area contributed by atoms with Gasteiger partial charge >= 0.3 is 0 Å². The zero-order valence-corrected chi connectivity index (χ0v) is 8.81. The van der Waals surface area contributed by atoms with Gasteiger partial charge in [-0.1, -0.05) is 6.07 Å².